The minimum absolute atomic E-state index is 0.0453. The number of hydrogen-bond acceptors (Lipinski definition) is 4. The summed E-state index contributed by atoms with van der Waals surface area (Å²) in [6.45, 7) is 2.56. The van der Waals surface area contributed by atoms with E-state index < -0.39 is 12.1 Å². The van der Waals surface area contributed by atoms with Gasteiger partial charge >= 0.3 is 5.97 Å². The number of aromatic nitrogens is 2. The van der Waals surface area contributed by atoms with Crippen molar-refractivity contribution in [3.8, 4) is 5.69 Å². The number of aliphatic carboxylic acids is 1. The number of carboxylic acid groups (broad SMARTS) is 1. The van der Waals surface area contributed by atoms with Crippen LogP contribution in [0.1, 0.15) is 16.2 Å². The fourth-order valence-electron chi connectivity index (χ4n) is 3.40. The van der Waals surface area contributed by atoms with Crippen molar-refractivity contribution in [3.63, 3.8) is 0 Å². The van der Waals surface area contributed by atoms with Gasteiger partial charge in [-0.25, -0.2) is 9.78 Å². The summed E-state index contributed by atoms with van der Waals surface area (Å²) >= 11 is 0. The molecule has 1 fully saturated rings. The predicted molar refractivity (Wildman–Crippen MR) is 99.1 cm³/mol. The van der Waals surface area contributed by atoms with Crippen molar-refractivity contribution in [2.75, 3.05) is 19.7 Å². The molecule has 4 rings (SSSR count). The van der Waals surface area contributed by atoms with E-state index in [4.69, 9.17) is 9.84 Å². The molecule has 1 aliphatic rings. The van der Waals surface area contributed by atoms with E-state index in [0.29, 0.717) is 12.1 Å². The number of imidazole rings is 1. The lowest BCUT2D eigenvalue weighted by Gasteiger charge is -2.30. The fourth-order valence-corrected chi connectivity index (χ4v) is 3.40. The molecule has 1 aromatic heterocycles. The number of hydrogen-bond donors (Lipinski definition) is 1. The number of carbonyl (C=O) groups excluding carboxylic acids is 1. The number of carbonyl (C=O) groups is 2. The van der Waals surface area contributed by atoms with E-state index in [1.54, 1.807) is 12.1 Å². The van der Waals surface area contributed by atoms with Gasteiger partial charge in [0, 0.05) is 17.8 Å². The first-order valence-corrected chi connectivity index (χ1v) is 8.73. The summed E-state index contributed by atoms with van der Waals surface area (Å²) in [7, 11) is 0. The first kappa shape index (κ1) is 17.2. The van der Waals surface area contributed by atoms with E-state index >= 15 is 0 Å². The molecule has 0 radical (unpaired) electrons. The molecule has 0 bridgehead atoms. The molecule has 2 heterocycles. The van der Waals surface area contributed by atoms with Gasteiger partial charge in [-0.05, 0) is 37.3 Å². The fraction of sp³-hybridized carbons (Fsp3) is 0.250. The van der Waals surface area contributed by atoms with Gasteiger partial charge in [0.15, 0.2) is 6.10 Å². The molecular weight excluding hydrogens is 346 g/mol. The second kappa shape index (κ2) is 6.85. The molecule has 0 spiro atoms. The maximum absolute atomic E-state index is 12.8. The molecule has 3 aromatic rings. The average Bonchev–Trinajstić information content (AvgIpc) is 3.03. The maximum Gasteiger partial charge on any atom is 0.334 e. The van der Waals surface area contributed by atoms with Crippen LogP contribution in [0.25, 0.3) is 16.7 Å². The van der Waals surface area contributed by atoms with Crippen molar-refractivity contribution in [1.82, 2.24) is 14.5 Å². The lowest BCUT2D eigenvalue weighted by atomic mass is 10.1. The predicted octanol–water partition coefficient (Wildman–Crippen LogP) is 2.26. The maximum atomic E-state index is 12.8. The number of para-hydroxylation sites is 1. The lowest BCUT2D eigenvalue weighted by Crippen LogP contribution is -2.48. The Morgan fingerprint density at radius 3 is 2.70 bits per heavy atom. The molecule has 1 N–H and O–H groups in total. The molecule has 1 amide bonds. The Balaban J connectivity index is 1.66. The average molecular weight is 365 g/mol. The third-order valence-electron chi connectivity index (χ3n) is 4.71. The summed E-state index contributed by atoms with van der Waals surface area (Å²) < 4.78 is 7.23. The van der Waals surface area contributed by atoms with Gasteiger partial charge < -0.3 is 14.7 Å². The Labute approximate surface area is 155 Å². The zero-order chi connectivity index (χ0) is 19.0. The van der Waals surface area contributed by atoms with Crippen molar-refractivity contribution >= 4 is 22.9 Å². The standard InChI is InChI=1S/C20H19N3O4/c1-13-21-16-11-14(19(24)22-9-10-27-18(12-22)20(25)26)7-8-17(16)23(13)15-5-3-2-4-6-15/h2-8,11,18H,9-10,12H2,1H3,(H,25,26)/t18-/m1/s1. The molecule has 1 atom stereocenters. The minimum atomic E-state index is -1.06. The highest BCUT2D eigenvalue weighted by Gasteiger charge is 2.29. The summed E-state index contributed by atoms with van der Waals surface area (Å²) in [5.41, 5.74) is 3.14. The van der Waals surface area contributed by atoms with Crippen LogP contribution in [0.4, 0.5) is 0 Å². The van der Waals surface area contributed by atoms with Crippen LogP contribution < -0.4 is 0 Å². The summed E-state index contributed by atoms with van der Waals surface area (Å²) in [6.07, 6.45) is -0.981. The molecule has 27 heavy (non-hydrogen) atoms. The van der Waals surface area contributed by atoms with Crippen molar-refractivity contribution in [3.05, 3.63) is 59.9 Å². The number of rotatable bonds is 3. The highest BCUT2D eigenvalue weighted by Crippen LogP contribution is 2.23. The van der Waals surface area contributed by atoms with Crippen molar-refractivity contribution in [2.45, 2.75) is 13.0 Å². The van der Waals surface area contributed by atoms with Crippen LogP contribution in [0.15, 0.2) is 48.5 Å². The third kappa shape index (κ3) is 3.17. The summed E-state index contributed by atoms with van der Waals surface area (Å²) in [5, 5.41) is 9.12. The first-order valence-electron chi connectivity index (χ1n) is 8.73. The van der Waals surface area contributed by atoms with Gasteiger partial charge in [0.05, 0.1) is 24.2 Å². The Bertz CT molecular complexity index is 1010. The zero-order valence-corrected chi connectivity index (χ0v) is 14.8. The highest BCUT2D eigenvalue weighted by molar-refractivity contribution is 5.98. The number of benzene rings is 2. The molecule has 0 saturated carbocycles. The van der Waals surface area contributed by atoms with Gasteiger partial charge in [0.25, 0.3) is 5.91 Å². The molecule has 7 heteroatoms. The van der Waals surface area contributed by atoms with E-state index in [0.717, 1.165) is 22.5 Å². The van der Waals surface area contributed by atoms with E-state index in [-0.39, 0.29) is 19.1 Å². The van der Waals surface area contributed by atoms with Gasteiger partial charge in [-0.2, -0.15) is 0 Å². The number of morpholine rings is 1. The molecule has 0 aliphatic carbocycles. The number of nitrogens with zero attached hydrogens (tertiary/aromatic N) is 3. The molecule has 1 saturated heterocycles. The normalized spacial score (nSPS) is 17.2. The third-order valence-corrected chi connectivity index (χ3v) is 4.71. The number of fused-ring (bicyclic) bond motifs is 1. The van der Waals surface area contributed by atoms with Gasteiger partial charge in [-0.1, -0.05) is 18.2 Å². The summed E-state index contributed by atoms with van der Waals surface area (Å²) in [6, 6.07) is 15.3. The highest BCUT2D eigenvalue weighted by atomic mass is 16.5. The number of aryl methyl sites for hydroxylation is 1. The molecule has 138 valence electrons. The summed E-state index contributed by atoms with van der Waals surface area (Å²) in [4.78, 5) is 30.1. The Hall–Kier alpha value is -3.19. The number of amides is 1. The largest absolute Gasteiger partial charge is 0.479 e. The Morgan fingerprint density at radius 1 is 1.19 bits per heavy atom. The van der Waals surface area contributed by atoms with E-state index in [1.807, 2.05) is 47.9 Å². The smallest absolute Gasteiger partial charge is 0.334 e. The van der Waals surface area contributed by atoms with E-state index in [2.05, 4.69) is 4.98 Å². The van der Waals surface area contributed by atoms with E-state index in [9.17, 15) is 9.59 Å². The van der Waals surface area contributed by atoms with Crippen LogP contribution >= 0.6 is 0 Å². The van der Waals surface area contributed by atoms with E-state index in [1.165, 1.54) is 4.90 Å². The SMILES string of the molecule is Cc1nc2cc(C(=O)N3CCO[C@@H](C(=O)O)C3)ccc2n1-c1ccccc1. The zero-order valence-electron chi connectivity index (χ0n) is 14.8. The van der Waals surface area contributed by atoms with Crippen molar-refractivity contribution in [1.29, 1.82) is 0 Å². The topological polar surface area (TPSA) is 84.7 Å². The molecule has 0 unspecified atom stereocenters. The molecule has 2 aromatic carbocycles. The van der Waals surface area contributed by atoms with Gasteiger partial charge in [0.1, 0.15) is 5.82 Å². The van der Waals surface area contributed by atoms with Crippen molar-refractivity contribution < 1.29 is 19.4 Å². The quantitative estimate of drug-likeness (QED) is 0.770. The van der Waals surface area contributed by atoms with Crippen LogP contribution in [0.2, 0.25) is 0 Å². The van der Waals surface area contributed by atoms with Gasteiger partial charge in [-0.15, -0.1) is 0 Å². The van der Waals surface area contributed by atoms with Gasteiger partial charge in [-0.3, -0.25) is 9.36 Å². The molecular formula is C20H19N3O4. The summed E-state index contributed by atoms with van der Waals surface area (Å²) in [5.74, 6) is -0.434. The minimum Gasteiger partial charge on any atom is -0.479 e. The first-order chi connectivity index (χ1) is 13.0. The van der Waals surface area contributed by atoms with Crippen LogP contribution in [-0.4, -0.2) is 57.2 Å². The van der Waals surface area contributed by atoms with Crippen LogP contribution in [0.5, 0.6) is 0 Å². The Morgan fingerprint density at radius 2 is 1.96 bits per heavy atom. The van der Waals surface area contributed by atoms with Crippen LogP contribution in [-0.2, 0) is 9.53 Å². The van der Waals surface area contributed by atoms with Crippen LogP contribution in [0.3, 0.4) is 0 Å². The van der Waals surface area contributed by atoms with Crippen molar-refractivity contribution in [2.24, 2.45) is 0 Å². The molecule has 7 nitrogen and oxygen atoms in total. The van der Waals surface area contributed by atoms with Crippen LogP contribution in [0, 0.1) is 6.92 Å². The number of ether oxygens (including phenoxy) is 1. The molecule has 1 aliphatic heterocycles. The lowest BCUT2D eigenvalue weighted by molar-refractivity contribution is -0.154. The van der Waals surface area contributed by atoms with Gasteiger partial charge in [0.2, 0.25) is 0 Å². The second-order valence-electron chi connectivity index (χ2n) is 6.48. The monoisotopic (exact) mass is 365 g/mol. The Kier molecular flexibility index (Phi) is 4.37. The number of carboxylic acids is 1. The second-order valence-corrected chi connectivity index (χ2v) is 6.48.